The lowest BCUT2D eigenvalue weighted by molar-refractivity contribution is 0.519. The normalized spacial score (nSPS) is 11.4. The van der Waals surface area contributed by atoms with Crippen LogP contribution in [-0.4, -0.2) is 14.5 Å². The second-order valence-corrected chi connectivity index (χ2v) is 8.18. The molecule has 33 heavy (non-hydrogen) atoms. The number of rotatable bonds is 5. The van der Waals surface area contributed by atoms with E-state index < -0.39 is 0 Å². The van der Waals surface area contributed by atoms with Gasteiger partial charge >= 0.3 is 0 Å². The van der Waals surface area contributed by atoms with Crippen molar-refractivity contribution in [3.05, 3.63) is 130 Å². The molecule has 5 nitrogen and oxygen atoms in total. The monoisotopic (exact) mass is 431 g/mol. The first-order valence-electron chi connectivity index (χ1n) is 10.9. The summed E-state index contributed by atoms with van der Waals surface area (Å²) in [6.45, 7) is 0. The summed E-state index contributed by atoms with van der Waals surface area (Å²) in [5.74, 6) is 1.37. The first-order valence-corrected chi connectivity index (χ1v) is 10.9. The molecule has 0 bridgehead atoms. The van der Waals surface area contributed by atoms with Gasteiger partial charge in [0, 0.05) is 18.2 Å². The molecule has 0 atom stereocenters. The van der Waals surface area contributed by atoms with Crippen LogP contribution in [0.2, 0.25) is 0 Å². The number of furan rings is 1. The number of aromatic nitrogens is 3. The average Bonchev–Trinajstić information content (AvgIpc) is 3.48. The number of aromatic amines is 1. The van der Waals surface area contributed by atoms with Crippen molar-refractivity contribution < 1.29 is 4.42 Å². The lowest BCUT2D eigenvalue weighted by Crippen LogP contribution is -2.17. The van der Waals surface area contributed by atoms with E-state index in [9.17, 15) is 4.79 Å². The molecular weight excluding hydrogens is 410 g/mol. The Morgan fingerprint density at radius 3 is 2.48 bits per heavy atom. The minimum absolute atomic E-state index is 0.119. The molecule has 0 aliphatic carbocycles. The number of imidazole rings is 1. The number of nitrogens with zero attached hydrogens (tertiary/aromatic N) is 2. The van der Waals surface area contributed by atoms with Crippen LogP contribution >= 0.6 is 0 Å². The molecule has 5 heteroatoms. The van der Waals surface area contributed by atoms with Crippen molar-refractivity contribution in [1.82, 2.24) is 14.5 Å². The number of benzene rings is 3. The Morgan fingerprint density at radius 2 is 1.67 bits per heavy atom. The predicted octanol–water partition coefficient (Wildman–Crippen LogP) is 5.59. The summed E-state index contributed by atoms with van der Waals surface area (Å²) in [6.07, 6.45) is 4.48. The van der Waals surface area contributed by atoms with E-state index in [-0.39, 0.29) is 5.56 Å². The van der Waals surface area contributed by atoms with Gasteiger partial charge in [-0.3, -0.25) is 9.36 Å². The van der Waals surface area contributed by atoms with Crippen molar-refractivity contribution in [3.63, 3.8) is 0 Å². The molecule has 3 heterocycles. The zero-order valence-corrected chi connectivity index (χ0v) is 17.9. The third-order valence-electron chi connectivity index (χ3n) is 5.95. The summed E-state index contributed by atoms with van der Waals surface area (Å²) in [7, 11) is 0. The Kier molecular flexibility index (Phi) is 4.65. The van der Waals surface area contributed by atoms with Gasteiger partial charge < -0.3 is 9.40 Å². The van der Waals surface area contributed by atoms with Gasteiger partial charge in [-0.25, -0.2) is 4.98 Å². The van der Waals surface area contributed by atoms with Crippen LogP contribution in [0.5, 0.6) is 0 Å². The highest BCUT2D eigenvalue weighted by Crippen LogP contribution is 2.26. The molecule has 3 aromatic carbocycles. The number of H-pyrrole nitrogens is 1. The number of hydrogen-bond donors (Lipinski definition) is 1. The Morgan fingerprint density at radius 1 is 0.848 bits per heavy atom. The van der Waals surface area contributed by atoms with Crippen molar-refractivity contribution in [2.45, 2.75) is 12.8 Å². The molecule has 2 aliphatic rings. The molecular formula is C28H21N3O2. The van der Waals surface area contributed by atoms with Gasteiger partial charge in [0.15, 0.2) is 5.82 Å². The summed E-state index contributed by atoms with van der Waals surface area (Å²) in [4.78, 5) is 21.6. The number of hydrogen-bond acceptors (Lipinski definition) is 3. The van der Waals surface area contributed by atoms with E-state index >= 15 is 0 Å². The largest absolute Gasteiger partial charge is 0.469 e. The smallest absolute Gasteiger partial charge is 0.278 e. The Hall–Kier alpha value is -4.38. The van der Waals surface area contributed by atoms with E-state index in [4.69, 9.17) is 9.40 Å². The van der Waals surface area contributed by atoms with Crippen LogP contribution in [0.1, 0.15) is 22.7 Å². The van der Waals surface area contributed by atoms with Crippen LogP contribution in [0, 0.1) is 0 Å². The molecule has 160 valence electrons. The molecule has 0 saturated heterocycles. The van der Waals surface area contributed by atoms with Crippen molar-refractivity contribution in [3.8, 4) is 17.1 Å². The van der Waals surface area contributed by atoms with Crippen molar-refractivity contribution in [1.29, 1.82) is 0 Å². The zero-order valence-electron chi connectivity index (χ0n) is 17.9. The fourth-order valence-corrected chi connectivity index (χ4v) is 4.30. The first-order chi connectivity index (χ1) is 16.2. The zero-order chi connectivity index (χ0) is 22.2. The second kappa shape index (κ2) is 7.95. The molecule has 6 rings (SSSR count). The SMILES string of the molecule is O=c1c(Cc2ccco2)nc2c(Cc3ccccc3)[nH]c(-c3ccc4ccccc4c3)cn1-2. The Labute approximate surface area is 190 Å². The highest BCUT2D eigenvalue weighted by molar-refractivity contribution is 5.86. The predicted molar refractivity (Wildman–Crippen MR) is 129 cm³/mol. The molecule has 0 amide bonds. The molecule has 0 fully saturated rings. The van der Waals surface area contributed by atoms with Crippen LogP contribution in [-0.2, 0) is 12.8 Å². The van der Waals surface area contributed by atoms with Gasteiger partial charge in [0.05, 0.1) is 24.1 Å². The standard InChI is InChI=1S/C28H21N3O2/c32-28-25(17-23-11-6-14-33-23)30-27-24(15-19-7-2-1-3-8-19)29-26(18-31(27)28)22-13-12-20-9-4-5-10-21(20)16-22/h1-14,16,18,29H,15,17H2. The molecule has 0 unspecified atom stereocenters. The van der Waals surface area contributed by atoms with E-state index in [0.29, 0.717) is 24.4 Å². The van der Waals surface area contributed by atoms with Gasteiger partial charge in [-0.15, -0.1) is 0 Å². The number of nitrogens with one attached hydrogen (secondary N) is 1. The Balaban J connectivity index is 1.52. The first kappa shape index (κ1) is 19.3. The van der Waals surface area contributed by atoms with Gasteiger partial charge in [-0.2, -0.15) is 0 Å². The molecule has 4 aromatic rings. The van der Waals surface area contributed by atoms with Gasteiger partial charge in [0.1, 0.15) is 11.5 Å². The number of fused-ring (bicyclic) bond motifs is 2. The molecule has 0 saturated carbocycles. The van der Waals surface area contributed by atoms with Gasteiger partial charge in [-0.05, 0) is 34.5 Å². The highest BCUT2D eigenvalue weighted by Gasteiger charge is 2.21. The van der Waals surface area contributed by atoms with E-state index in [1.54, 1.807) is 10.8 Å². The van der Waals surface area contributed by atoms with Crippen molar-refractivity contribution in [2.75, 3.05) is 0 Å². The quantitative estimate of drug-likeness (QED) is 0.387. The second-order valence-electron chi connectivity index (χ2n) is 8.18. The fourth-order valence-electron chi connectivity index (χ4n) is 4.30. The van der Waals surface area contributed by atoms with Gasteiger partial charge in [0.25, 0.3) is 5.56 Å². The van der Waals surface area contributed by atoms with E-state index in [0.717, 1.165) is 33.7 Å². The fraction of sp³-hybridized carbons (Fsp3) is 0.0714. The third-order valence-corrected chi connectivity index (χ3v) is 5.95. The van der Waals surface area contributed by atoms with Gasteiger partial charge in [0.2, 0.25) is 0 Å². The summed E-state index contributed by atoms with van der Waals surface area (Å²) in [5, 5.41) is 2.33. The van der Waals surface area contributed by atoms with Crippen LogP contribution in [0.15, 0.2) is 107 Å². The highest BCUT2D eigenvalue weighted by atomic mass is 16.3. The Bertz CT molecular complexity index is 1580. The maximum absolute atomic E-state index is 13.3. The van der Waals surface area contributed by atoms with Crippen LogP contribution in [0.4, 0.5) is 0 Å². The van der Waals surface area contributed by atoms with Crippen LogP contribution in [0.25, 0.3) is 27.8 Å². The lowest BCUT2D eigenvalue weighted by Gasteiger charge is -2.14. The van der Waals surface area contributed by atoms with Crippen molar-refractivity contribution in [2.24, 2.45) is 0 Å². The van der Waals surface area contributed by atoms with Crippen molar-refractivity contribution >= 4 is 10.8 Å². The van der Waals surface area contributed by atoms with Crippen LogP contribution in [0.3, 0.4) is 0 Å². The summed E-state index contributed by atoms with van der Waals surface area (Å²) in [5.41, 5.74) is 4.29. The van der Waals surface area contributed by atoms with E-state index in [1.807, 2.05) is 48.7 Å². The minimum atomic E-state index is -0.119. The van der Waals surface area contributed by atoms with Crippen LogP contribution < -0.4 is 5.56 Å². The molecule has 0 radical (unpaired) electrons. The van der Waals surface area contributed by atoms with E-state index in [2.05, 4.69) is 47.4 Å². The summed E-state index contributed by atoms with van der Waals surface area (Å²) in [6, 6.07) is 28.5. The average molecular weight is 431 g/mol. The van der Waals surface area contributed by atoms with E-state index in [1.165, 1.54) is 5.39 Å². The summed E-state index contributed by atoms with van der Waals surface area (Å²) >= 11 is 0. The summed E-state index contributed by atoms with van der Waals surface area (Å²) < 4.78 is 7.12. The molecule has 2 aliphatic heterocycles. The van der Waals surface area contributed by atoms with Gasteiger partial charge in [-0.1, -0.05) is 66.7 Å². The minimum Gasteiger partial charge on any atom is -0.469 e. The third kappa shape index (κ3) is 3.64. The topological polar surface area (TPSA) is 63.8 Å². The maximum Gasteiger partial charge on any atom is 0.278 e. The molecule has 1 aromatic heterocycles. The molecule has 1 N–H and O–H groups in total. The maximum atomic E-state index is 13.3. The lowest BCUT2D eigenvalue weighted by atomic mass is 10.0. The molecule has 0 spiro atoms.